The van der Waals surface area contributed by atoms with Crippen LogP contribution in [0.15, 0.2) is 17.9 Å². The van der Waals surface area contributed by atoms with Gasteiger partial charge in [0.1, 0.15) is 0 Å². The van der Waals surface area contributed by atoms with Crippen LogP contribution in [0.5, 0.6) is 0 Å². The molecule has 0 spiro atoms. The van der Waals surface area contributed by atoms with Crippen molar-refractivity contribution in [3.8, 4) is 0 Å². The molecule has 20 heavy (non-hydrogen) atoms. The van der Waals surface area contributed by atoms with Crippen molar-refractivity contribution in [1.82, 2.24) is 9.97 Å². The normalized spacial score (nSPS) is 9.25. The predicted octanol–water partition coefficient (Wildman–Crippen LogP) is 1.52. The summed E-state index contributed by atoms with van der Waals surface area (Å²) in [5.41, 5.74) is 1.09. The molecule has 0 saturated carbocycles. The van der Waals surface area contributed by atoms with Crippen LogP contribution in [-0.2, 0) is 34.8 Å². The van der Waals surface area contributed by atoms with Crippen molar-refractivity contribution < 1.29 is 38.6 Å². The molecule has 0 saturated heterocycles. The number of carboxylic acid groups (broad SMARTS) is 2. The Bertz CT molecular complexity index is 349. The van der Waals surface area contributed by atoms with Crippen LogP contribution >= 0.6 is 9.42 Å². The van der Waals surface area contributed by atoms with Gasteiger partial charge in [0, 0.05) is 6.20 Å². The SMILES string of the molecule is O=C(O)C(=O)O.O=N[O-].[CH2-]C(C)Cc1c[nH]cn1.[Cl][Pt+]. The number of aromatic amines is 1. The molecule has 1 unspecified atom stereocenters. The average Bonchev–Trinajstić information content (AvgIpc) is 2.85. The van der Waals surface area contributed by atoms with Crippen LogP contribution in [0.1, 0.15) is 12.6 Å². The average molecular weight is 490 g/mol. The first-order valence-corrected chi connectivity index (χ1v) is 7.50. The summed E-state index contributed by atoms with van der Waals surface area (Å²) in [4.78, 5) is 33.2. The molecule has 0 bridgehead atoms. The van der Waals surface area contributed by atoms with E-state index >= 15 is 0 Å². The zero-order valence-corrected chi connectivity index (χ0v) is 13.3. The van der Waals surface area contributed by atoms with Crippen LogP contribution in [0, 0.1) is 23.0 Å². The first kappa shape index (κ1) is 23.6. The van der Waals surface area contributed by atoms with Gasteiger partial charge in [-0.1, -0.05) is 6.92 Å². The quantitative estimate of drug-likeness (QED) is 0.246. The van der Waals surface area contributed by atoms with Crippen molar-refractivity contribution in [2.24, 2.45) is 11.3 Å². The molecule has 9 nitrogen and oxygen atoms in total. The third kappa shape index (κ3) is 21.8. The second-order valence-electron chi connectivity index (χ2n) is 3.05. The number of H-pyrrole nitrogens is 1. The van der Waals surface area contributed by atoms with E-state index in [4.69, 9.17) is 29.9 Å². The third-order valence-corrected chi connectivity index (χ3v) is 1.30. The molecule has 1 heterocycles. The second kappa shape index (κ2) is 17.5. The standard InChI is InChI=1S/C7H11N2.C2H2O4.ClH.HNO2.Pt/c1-6(2)3-7-4-8-5-9-7;3-1(4)2(5)6;;2-1-3;/h4-6H,1,3H2,2H3,(H,8,9);(H,3,4)(H,5,6);1H;(H,2,3);/q-1;;;;+2/p-2. The van der Waals surface area contributed by atoms with Crippen molar-refractivity contribution in [1.29, 1.82) is 0 Å². The van der Waals surface area contributed by atoms with Gasteiger partial charge < -0.3 is 32.2 Å². The molecular formula is C9H13ClN3O6Pt-. The van der Waals surface area contributed by atoms with E-state index in [-0.39, 0.29) is 0 Å². The molecule has 0 radical (unpaired) electrons. The van der Waals surface area contributed by atoms with E-state index in [2.05, 4.69) is 33.2 Å². The number of hydrogen-bond donors (Lipinski definition) is 3. The van der Waals surface area contributed by atoms with Crippen LogP contribution < -0.4 is 0 Å². The van der Waals surface area contributed by atoms with E-state index in [0.717, 1.165) is 17.5 Å². The molecule has 0 aliphatic heterocycles. The number of aromatic nitrogens is 2. The van der Waals surface area contributed by atoms with Gasteiger partial charge in [-0.05, 0) is 6.42 Å². The Kier molecular flexibility index (Phi) is 20.7. The zero-order valence-electron chi connectivity index (χ0n) is 10.3. The number of carbonyl (C=O) groups is 2. The van der Waals surface area contributed by atoms with Gasteiger partial charge in [-0.2, -0.15) is 5.92 Å². The molecule has 0 amide bonds. The van der Waals surface area contributed by atoms with Crippen molar-refractivity contribution in [2.45, 2.75) is 13.3 Å². The number of nitrogens with zero attached hydrogens (tertiary/aromatic N) is 2. The van der Waals surface area contributed by atoms with E-state index < -0.39 is 11.9 Å². The fraction of sp³-hybridized carbons (Fsp3) is 0.333. The number of hydrogen-bond acceptors (Lipinski definition) is 6. The van der Waals surface area contributed by atoms with Crippen molar-refractivity contribution in [2.75, 3.05) is 0 Å². The van der Waals surface area contributed by atoms with Gasteiger partial charge in [-0.15, -0.1) is 5.34 Å². The Hall–Kier alpha value is -1.47. The molecule has 0 aromatic carbocycles. The zero-order chi connectivity index (χ0) is 16.6. The summed E-state index contributed by atoms with van der Waals surface area (Å²) in [7, 11) is 4.61. The Morgan fingerprint density at radius 2 is 1.95 bits per heavy atom. The van der Waals surface area contributed by atoms with E-state index in [1.807, 2.05) is 6.20 Å². The van der Waals surface area contributed by atoms with Crippen LogP contribution in [0.25, 0.3) is 0 Å². The first-order chi connectivity index (χ1) is 9.34. The molecule has 11 heteroatoms. The maximum absolute atomic E-state index is 9.10. The van der Waals surface area contributed by atoms with Crippen LogP contribution in [0.4, 0.5) is 0 Å². The molecule has 1 aromatic heterocycles. The van der Waals surface area contributed by atoms with Crippen LogP contribution in [0.2, 0.25) is 0 Å². The van der Waals surface area contributed by atoms with E-state index in [9.17, 15) is 0 Å². The van der Waals surface area contributed by atoms with Crippen molar-refractivity contribution in [3.63, 3.8) is 0 Å². The monoisotopic (exact) mass is 489 g/mol. The number of halogens is 1. The van der Waals surface area contributed by atoms with E-state index in [1.165, 1.54) is 0 Å². The molecule has 1 rings (SSSR count). The third-order valence-electron chi connectivity index (χ3n) is 1.30. The molecule has 3 N–H and O–H groups in total. The minimum absolute atomic E-state index is 0.452. The first-order valence-electron chi connectivity index (χ1n) is 4.69. The maximum atomic E-state index is 9.10. The summed E-state index contributed by atoms with van der Waals surface area (Å²) in [5, 5.41) is 23.8. The fourth-order valence-electron chi connectivity index (χ4n) is 0.760. The minimum atomic E-state index is -1.82. The van der Waals surface area contributed by atoms with E-state index in [1.54, 1.807) is 25.1 Å². The van der Waals surface area contributed by atoms with Crippen LogP contribution in [-0.4, -0.2) is 32.1 Å². The molecule has 1 aromatic rings. The Labute approximate surface area is 130 Å². The van der Waals surface area contributed by atoms with Crippen LogP contribution in [0.3, 0.4) is 0 Å². The second-order valence-corrected chi connectivity index (χ2v) is 3.05. The Morgan fingerprint density at radius 3 is 2.15 bits per heavy atom. The summed E-state index contributed by atoms with van der Waals surface area (Å²) in [6.45, 7) is 5.94. The van der Waals surface area contributed by atoms with Gasteiger partial charge in [0.15, 0.2) is 0 Å². The summed E-state index contributed by atoms with van der Waals surface area (Å²) in [6.07, 6.45) is 4.56. The van der Waals surface area contributed by atoms with Crippen molar-refractivity contribution in [3.05, 3.63) is 35.3 Å². The number of aliphatic carboxylic acids is 2. The van der Waals surface area contributed by atoms with E-state index in [0.29, 0.717) is 5.92 Å². The number of rotatable bonds is 2. The topological polar surface area (TPSA) is 156 Å². The number of imidazole rings is 1. The molecule has 0 aliphatic rings. The summed E-state index contributed by atoms with van der Waals surface area (Å²) in [6, 6.07) is 0. The number of nitrogens with one attached hydrogen (secondary N) is 1. The van der Waals surface area contributed by atoms with Gasteiger partial charge in [-0.3, -0.25) is 0 Å². The van der Waals surface area contributed by atoms with Gasteiger partial charge in [0.2, 0.25) is 0 Å². The van der Waals surface area contributed by atoms with Gasteiger partial charge in [0.05, 0.1) is 12.0 Å². The summed E-state index contributed by atoms with van der Waals surface area (Å²) < 4.78 is 0. The molecular weight excluding hydrogens is 477 g/mol. The van der Waals surface area contributed by atoms with Gasteiger partial charge in [0.25, 0.3) is 0 Å². The molecule has 0 fully saturated rings. The number of carboxylic acids is 2. The summed E-state index contributed by atoms with van der Waals surface area (Å²) in [5.74, 6) is -3.20. The Morgan fingerprint density at radius 1 is 1.55 bits per heavy atom. The summed E-state index contributed by atoms with van der Waals surface area (Å²) >= 11 is 1.61. The van der Waals surface area contributed by atoms with Gasteiger partial charge >= 0.3 is 40.1 Å². The van der Waals surface area contributed by atoms with Crippen molar-refractivity contribution >= 4 is 21.4 Å². The molecule has 0 aliphatic carbocycles. The molecule has 118 valence electrons. The fourth-order valence-corrected chi connectivity index (χ4v) is 0.760. The molecule has 1 atom stereocenters. The predicted molar refractivity (Wildman–Crippen MR) is 67.1 cm³/mol. The Balaban J connectivity index is -0.000000229. The van der Waals surface area contributed by atoms with Gasteiger partial charge in [-0.25, -0.2) is 14.6 Å².